The van der Waals surface area contributed by atoms with Crippen molar-refractivity contribution in [2.24, 2.45) is 17.8 Å². The van der Waals surface area contributed by atoms with Gasteiger partial charge in [-0.3, -0.25) is 14.4 Å². The molecule has 2 saturated carbocycles. The van der Waals surface area contributed by atoms with Crippen molar-refractivity contribution in [2.75, 3.05) is 26.2 Å². The van der Waals surface area contributed by atoms with Crippen LogP contribution in [-0.2, 0) is 14.4 Å². The van der Waals surface area contributed by atoms with Crippen LogP contribution < -0.4 is 0 Å². The molecule has 2 atom stereocenters. The van der Waals surface area contributed by atoms with Gasteiger partial charge in [0.15, 0.2) is 0 Å². The van der Waals surface area contributed by atoms with Gasteiger partial charge in [0.1, 0.15) is 0 Å². The zero-order chi connectivity index (χ0) is 13.6. The van der Waals surface area contributed by atoms with Crippen LogP contribution in [0.2, 0.25) is 0 Å². The Balaban J connectivity index is 1.49. The van der Waals surface area contributed by atoms with Gasteiger partial charge in [0, 0.05) is 32.1 Å². The second kappa shape index (κ2) is 4.51. The molecule has 1 aliphatic heterocycles. The highest BCUT2D eigenvalue weighted by atomic mass is 16.4. The number of hydrogen-bond acceptors (Lipinski definition) is 3. The average molecular weight is 266 g/mol. The summed E-state index contributed by atoms with van der Waals surface area (Å²) in [5.41, 5.74) is 0. The van der Waals surface area contributed by atoms with Gasteiger partial charge in [-0.2, -0.15) is 0 Å². The number of carbonyl (C=O) groups excluding carboxylic acids is 2. The van der Waals surface area contributed by atoms with Gasteiger partial charge >= 0.3 is 5.97 Å². The number of piperazine rings is 1. The summed E-state index contributed by atoms with van der Waals surface area (Å²) in [4.78, 5) is 38.2. The van der Waals surface area contributed by atoms with Gasteiger partial charge < -0.3 is 14.9 Å². The molecule has 0 spiro atoms. The molecule has 0 aromatic carbocycles. The molecule has 2 aliphatic carbocycles. The number of rotatable bonds is 3. The summed E-state index contributed by atoms with van der Waals surface area (Å²) in [5.74, 6) is -1.29. The zero-order valence-electron chi connectivity index (χ0n) is 10.7. The lowest BCUT2D eigenvalue weighted by Crippen LogP contribution is -2.51. The van der Waals surface area contributed by atoms with Gasteiger partial charge in [-0.25, -0.2) is 0 Å². The Morgan fingerprint density at radius 2 is 1.37 bits per heavy atom. The largest absolute Gasteiger partial charge is 0.481 e. The lowest BCUT2D eigenvalue weighted by molar-refractivity contribution is -0.143. The van der Waals surface area contributed by atoms with Crippen LogP contribution in [0.5, 0.6) is 0 Å². The number of carboxylic acids is 1. The molecule has 6 nitrogen and oxygen atoms in total. The van der Waals surface area contributed by atoms with Crippen molar-refractivity contribution >= 4 is 17.8 Å². The van der Waals surface area contributed by atoms with Crippen LogP contribution >= 0.6 is 0 Å². The fourth-order valence-corrected chi connectivity index (χ4v) is 2.71. The highest BCUT2D eigenvalue weighted by Crippen LogP contribution is 2.40. The fourth-order valence-electron chi connectivity index (χ4n) is 2.71. The first-order valence-corrected chi connectivity index (χ1v) is 6.88. The van der Waals surface area contributed by atoms with E-state index < -0.39 is 11.9 Å². The van der Waals surface area contributed by atoms with Crippen molar-refractivity contribution in [2.45, 2.75) is 19.3 Å². The monoisotopic (exact) mass is 266 g/mol. The maximum Gasteiger partial charge on any atom is 0.307 e. The van der Waals surface area contributed by atoms with Crippen molar-refractivity contribution in [3.8, 4) is 0 Å². The number of carbonyl (C=O) groups is 3. The molecule has 19 heavy (non-hydrogen) atoms. The quantitative estimate of drug-likeness (QED) is 0.766. The Bertz CT molecular complexity index is 424. The van der Waals surface area contributed by atoms with Crippen molar-refractivity contribution in [3.63, 3.8) is 0 Å². The Labute approximate surface area is 111 Å². The lowest BCUT2D eigenvalue weighted by atomic mass is 10.2. The van der Waals surface area contributed by atoms with Crippen LogP contribution in [0.15, 0.2) is 0 Å². The fraction of sp³-hybridized carbons (Fsp3) is 0.769. The predicted octanol–water partition coefficient (Wildman–Crippen LogP) is -0.212. The minimum atomic E-state index is -0.874. The van der Waals surface area contributed by atoms with E-state index in [0.29, 0.717) is 32.6 Å². The van der Waals surface area contributed by atoms with E-state index in [1.54, 1.807) is 4.90 Å². The van der Waals surface area contributed by atoms with Gasteiger partial charge in [0.2, 0.25) is 11.8 Å². The normalized spacial score (nSPS) is 30.1. The third kappa shape index (κ3) is 2.43. The zero-order valence-corrected chi connectivity index (χ0v) is 10.7. The van der Waals surface area contributed by atoms with E-state index in [2.05, 4.69) is 0 Å². The highest BCUT2D eigenvalue weighted by molar-refractivity contribution is 5.89. The van der Waals surface area contributed by atoms with Crippen LogP contribution in [-0.4, -0.2) is 58.9 Å². The van der Waals surface area contributed by atoms with E-state index in [0.717, 1.165) is 12.8 Å². The third-order valence-corrected chi connectivity index (χ3v) is 4.25. The van der Waals surface area contributed by atoms with Gasteiger partial charge in [-0.05, 0) is 19.3 Å². The number of carboxylic acid groups (broad SMARTS) is 1. The Morgan fingerprint density at radius 3 is 1.79 bits per heavy atom. The molecule has 0 aromatic heterocycles. The Morgan fingerprint density at radius 1 is 0.842 bits per heavy atom. The molecule has 0 bridgehead atoms. The number of hydrogen-bond donors (Lipinski definition) is 1. The summed E-state index contributed by atoms with van der Waals surface area (Å²) >= 11 is 0. The summed E-state index contributed by atoms with van der Waals surface area (Å²) in [6.45, 7) is 2.26. The van der Waals surface area contributed by atoms with Crippen LogP contribution in [0, 0.1) is 17.8 Å². The SMILES string of the molecule is O=C(O)C1CC1C(=O)N1CCN(C(=O)C2CC2)CC1. The van der Waals surface area contributed by atoms with E-state index in [9.17, 15) is 14.4 Å². The number of aliphatic carboxylic acids is 1. The van der Waals surface area contributed by atoms with Crippen LogP contribution in [0.3, 0.4) is 0 Å². The van der Waals surface area contributed by atoms with Crippen LogP contribution in [0.4, 0.5) is 0 Å². The molecular weight excluding hydrogens is 248 g/mol. The highest BCUT2D eigenvalue weighted by Gasteiger charge is 2.50. The van der Waals surface area contributed by atoms with Crippen LogP contribution in [0.25, 0.3) is 0 Å². The molecule has 0 aromatic rings. The van der Waals surface area contributed by atoms with Gasteiger partial charge in [-0.15, -0.1) is 0 Å². The first-order chi connectivity index (χ1) is 9.08. The third-order valence-electron chi connectivity index (χ3n) is 4.25. The molecule has 3 aliphatic rings. The summed E-state index contributed by atoms with van der Waals surface area (Å²) in [6.07, 6.45) is 2.47. The summed E-state index contributed by atoms with van der Waals surface area (Å²) in [5, 5.41) is 8.83. The molecule has 0 radical (unpaired) electrons. The molecule has 1 heterocycles. The number of nitrogens with zero attached hydrogens (tertiary/aromatic N) is 2. The molecule has 3 rings (SSSR count). The molecule has 2 amide bonds. The van der Waals surface area contributed by atoms with Crippen molar-refractivity contribution in [1.29, 1.82) is 0 Å². The molecule has 1 N–H and O–H groups in total. The topological polar surface area (TPSA) is 77.9 Å². The van der Waals surface area contributed by atoms with Crippen molar-refractivity contribution in [3.05, 3.63) is 0 Å². The minimum Gasteiger partial charge on any atom is -0.481 e. The molecular formula is C13H18N2O4. The van der Waals surface area contributed by atoms with E-state index in [4.69, 9.17) is 5.11 Å². The smallest absolute Gasteiger partial charge is 0.307 e. The maximum absolute atomic E-state index is 12.1. The summed E-state index contributed by atoms with van der Waals surface area (Å²) in [7, 11) is 0. The van der Waals surface area contributed by atoms with Crippen molar-refractivity contribution in [1.82, 2.24) is 9.80 Å². The first kappa shape index (κ1) is 12.4. The average Bonchev–Trinajstić information content (AvgIpc) is 3.30. The molecule has 3 fully saturated rings. The standard InChI is InChI=1S/C13H18N2O4/c16-11(8-1-2-8)14-3-5-15(6-4-14)12(17)9-7-10(9)13(18)19/h8-10H,1-7H2,(H,18,19). The molecule has 104 valence electrons. The second-order valence-corrected chi connectivity index (χ2v) is 5.71. The first-order valence-electron chi connectivity index (χ1n) is 6.88. The van der Waals surface area contributed by atoms with Crippen molar-refractivity contribution < 1.29 is 19.5 Å². The predicted molar refractivity (Wildman–Crippen MR) is 65.1 cm³/mol. The maximum atomic E-state index is 12.1. The van der Waals surface area contributed by atoms with Gasteiger partial charge in [0.05, 0.1) is 11.8 Å². The van der Waals surface area contributed by atoms with Crippen LogP contribution in [0.1, 0.15) is 19.3 Å². The van der Waals surface area contributed by atoms with E-state index in [1.165, 1.54) is 0 Å². The molecule has 1 saturated heterocycles. The van der Waals surface area contributed by atoms with E-state index in [-0.39, 0.29) is 23.7 Å². The van der Waals surface area contributed by atoms with E-state index >= 15 is 0 Å². The molecule has 6 heteroatoms. The Hall–Kier alpha value is -1.59. The summed E-state index contributed by atoms with van der Waals surface area (Å²) in [6, 6.07) is 0. The molecule has 2 unspecified atom stereocenters. The van der Waals surface area contributed by atoms with Gasteiger partial charge in [-0.1, -0.05) is 0 Å². The minimum absolute atomic E-state index is 0.0501. The lowest BCUT2D eigenvalue weighted by Gasteiger charge is -2.35. The second-order valence-electron chi connectivity index (χ2n) is 5.71. The number of amides is 2. The van der Waals surface area contributed by atoms with Gasteiger partial charge in [0.25, 0.3) is 0 Å². The summed E-state index contributed by atoms with van der Waals surface area (Å²) < 4.78 is 0. The Kier molecular flexibility index (Phi) is 2.95. The van der Waals surface area contributed by atoms with E-state index in [1.807, 2.05) is 4.90 Å².